The molecule has 2 aromatic carbocycles. The quantitative estimate of drug-likeness (QED) is 0.885. The molecule has 1 aliphatic heterocycles. The molecule has 1 aliphatic rings. The number of benzene rings is 2. The topological polar surface area (TPSA) is 49.8 Å². The van der Waals surface area contributed by atoms with Gasteiger partial charge in [-0.1, -0.05) is 60.7 Å². The highest BCUT2D eigenvalue weighted by Gasteiger charge is 2.41. The Kier molecular flexibility index (Phi) is 4.64. The Morgan fingerprint density at radius 2 is 1.56 bits per heavy atom. The Morgan fingerprint density at radius 3 is 2.12 bits per heavy atom. The molecular weight excluding hydrogens is 314 g/mol. The number of nitrogens with zero attached hydrogens (tertiary/aromatic N) is 1. The Labute approximate surface area is 148 Å². The van der Waals surface area contributed by atoms with Crippen LogP contribution in [0.5, 0.6) is 0 Å². The standard InChI is InChI=1S/C21H23NO3/c1-21(2,3)25-20(24)22-17(15-10-6-4-7-11-15)14-18(23)19(22)16-12-8-5-9-13-16/h4-14,18-19,23H,1-3H3/t18-,19+/m1/s1. The molecule has 0 bridgehead atoms. The van der Waals surface area contributed by atoms with Gasteiger partial charge < -0.3 is 9.84 Å². The van der Waals surface area contributed by atoms with Crippen LogP contribution in [-0.2, 0) is 4.74 Å². The third-order valence-corrected chi connectivity index (χ3v) is 3.99. The summed E-state index contributed by atoms with van der Waals surface area (Å²) in [6.45, 7) is 5.50. The summed E-state index contributed by atoms with van der Waals surface area (Å²) in [7, 11) is 0. The Balaban J connectivity index is 2.03. The van der Waals surface area contributed by atoms with E-state index in [1.54, 1.807) is 11.0 Å². The molecule has 0 spiro atoms. The lowest BCUT2D eigenvalue weighted by Gasteiger charge is -2.32. The summed E-state index contributed by atoms with van der Waals surface area (Å²) >= 11 is 0. The molecule has 0 aliphatic carbocycles. The summed E-state index contributed by atoms with van der Waals surface area (Å²) in [6, 6.07) is 18.6. The van der Waals surface area contributed by atoms with Crippen molar-refractivity contribution in [2.45, 2.75) is 38.5 Å². The molecule has 1 N–H and O–H groups in total. The summed E-state index contributed by atoms with van der Waals surface area (Å²) in [5.41, 5.74) is 1.78. The lowest BCUT2D eigenvalue weighted by Crippen LogP contribution is -2.38. The van der Waals surface area contributed by atoms with Gasteiger partial charge in [0.1, 0.15) is 5.60 Å². The van der Waals surface area contributed by atoms with Crippen molar-refractivity contribution in [2.24, 2.45) is 0 Å². The van der Waals surface area contributed by atoms with Gasteiger partial charge in [0.05, 0.1) is 17.8 Å². The van der Waals surface area contributed by atoms with E-state index in [0.29, 0.717) is 5.70 Å². The Bertz CT molecular complexity index is 763. The summed E-state index contributed by atoms with van der Waals surface area (Å²) in [5.74, 6) is 0. The van der Waals surface area contributed by atoms with E-state index in [1.807, 2.05) is 81.4 Å². The Morgan fingerprint density at radius 1 is 1.00 bits per heavy atom. The SMILES string of the molecule is CC(C)(C)OC(=O)N1C(c2ccccc2)=C[C@@H](O)[C@@H]1c1ccccc1. The largest absolute Gasteiger partial charge is 0.443 e. The van der Waals surface area contributed by atoms with Crippen LogP contribution >= 0.6 is 0 Å². The maximum atomic E-state index is 12.9. The molecule has 0 unspecified atom stereocenters. The number of rotatable bonds is 2. The first-order valence-corrected chi connectivity index (χ1v) is 8.39. The molecule has 0 radical (unpaired) electrons. The van der Waals surface area contributed by atoms with Crippen LogP contribution in [-0.4, -0.2) is 27.8 Å². The molecule has 0 aromatic heterocycles. The second-order valence-electron chi connectivity index (χ2n) is 7.11. The van der Waals surface area contributed by atoms with Crippen molar-refractivity contribution >= 4 is 11.8 Å². The van der Waals surface area contributed by atoms with Crippen LogP contribution in [0.25, 0.3) is 5.70 Å². The van der Waals surface area contributed by atoms with E-state index in [9.17, 15) is 9.90 Å². The smallest absolute Gasteiger partial charge is 0.415 e. The predicted molar refractivity (Wildman–Crippen MR) is 97.7 cm³/mol. The highest BCUT2D eigenvalue weighted by Crippen LogP contribution is 2.40. The highest BCUT2D eigenvalue weighted by molar-refractivity contribution is 5.85. The fourth-order valence-corrected chi connectivity index (χ4v) is 3.00. The molecule has 130 valence electrons. The first-order valence-electron chi connectivity index (χ1n) is 8.39. The van der Waals surface area contributed by atoms with Gasteiger partial charge in [0.15, 0.2) is 0 Å². The third-order valence-electron chi connectivity index (χ3n) is 3.99. The first-order chi connectivity index (χ1) is 11.9. The van der Waals surface area contributed by atoms with Crippen molar-refractivity contribution in [3.63, 3.8) is 0 Å². The molecule has 0 saturated carbocycles. The zero-order chi connectivity index (χ0) is 18.0. The van der Waals surface area contributed by atoms with E-state index < -0.39 is 23.8 Å². The molecule has 4 heteroatoms. The van der Waals surface area contributed by atoms with E-state index in [2.05, 4.69) is 0 Å². The number of amides is 1. The van der Waals surface area contributed by atoms with Gasteiger partial charge in [-0.05, 0) is 38.0 Å². The number of hydrogen-bond acceptors (Lipinski definition) is 3. The average molecular weight is 337 g/mol. The minimum Gasteiger partial charge on any atom is -0.443 e. The normalized spacial score (nSPS) is 20.3. The number of carbonyl (C=O) groups is 1. The van der Waals surface area contributed by atoms with Gasteiger partial charge in [-0.25, -0.2) is 4.79 Å². The van der Waals surface area contributed by atoms with Crippen molar-refractivity contribution in [1.82, 2.24) is 4.90 Å². The molecule has 0 fully saturated rings. The monoisotopic (exact) mass is 337 g/mol. The van der Waals surface area contributed by atoms with Crippen LogP contribution in [0, 0.1) is 0 Å². The van der Waals surface area contributed by atoms with Crippen LogP contribution in [0.15, 0.2) is 66.7 Å². The zero-order valence-electron chi connectivity index (χ0n) is 14.7. The van der Waals surface area contributed by atoms with Gasteiger partial charge in [-0.2, -0.15) is 0 Å². The summed E-state index contributed by atoms with van der Waals surface area (Å²) in [4.78, 5) is 14.5. The van der Waals surface area contributed by atoms with Crippen LogP contribution in [0.4, 0.5) is 4.79 Å². The maximum absolute atomic E-state index is 12.9. The molecule has 1 heterocycles. The fraction of sp³-hybridized carbons (Fsp3) is 0.286. The van der Waals surface area contributed by atoms with Crippen molar-refractivity contribution in [3.8, 4) is 0 Å². The third kappa shape index (κ3) is 3.74. The number of ether oxygens (including phenoxy) is 1. The maximum Gasteiger partial charge on any atom is 0.415 e. The van der Waals surface area contributed by atoms with Gasteiger partial charge in [0.25, 0.3) is 0 Å². The van der Waals surface area contributed by atoms with E-state index in [1.165, 1.54) is 0 Å². The molecule has 0 saturated heterocycles. The van der Waals surface area contributed by atoms with Gasteiger partial charge in [-0.3, -0.25) is 4.90 Å². The fourth-order valence-electron chi connectivity index (χ4n) is 3.00. The van der Waals surface area contributed by atoms with Crippen LogP contribution in [0.1, 0.15) is 37.9 Å². The highest BCUT2D eigenvalue weighted by atomic mass is 16.6. The van der Waals surface area contributed by atoms with E-state index in [0.717, 1.165) is 11.1 Å². The zero-order valence-corrected chi connectivity index (χ0v) is 14.7. The minimum atomic E-state index is -0.801. The number of hydrogen-bond donors (Lipinski definition) is 1. The van der Waals surface area contributed by atoms with Gasteiger partial charge in [0, 0.05) is 0 Å². The van der Waals surface area contributed by atoms with Crippen LogP contribution in [0.3, 0.4) is 0 Å². The van der Waals surface area contributed by atoms with Crippen LogP contribution < -0.4 is 0 Å². The van der Waals surface area contributed by atoms with Crippen LogP contribution in [0.2, 0.25) is 0 Å². The second kappa shape index (κ2) is 6.73. The van der Waals surface area contributed by atoms with Crippen molar-refractivity contribution < 1.29 is 14.6 Å². The Hall–Kier alpha value is -2.59. The van der Waals surface area contributed by atoms with E-state index >= 15 is 0 Å². The number of carbonyl (C=O) groups excluding carboxylic acids is 1. The molecule has 2 aromatic rings. The molecular formula is C21H23NO3. The predicted octanol–water partition coefficient (Wildman–Crippen LogP) is 4.38. The summed E-state index contributed by atoms with van der Waals surface area (Å²) < 4.78 is 5.61. The molecule has 25 heavy (non-hydrogen) atoms. The number of aliphatic hydroxyl groups excluding tert-OH is 1. The lowest BCUT2D eigenvalue weighted by molar-refractivity contribution is 0.0221. The minimum absolute atomic E-state index is 0.465. The molecule has 2 atom stereocenters. The summed E-state index contributed by atoms with van der Waals surface area (Å²) in [6.07, 6.45) is 0.454. The lowest BCUT2D eigenvalue weighted by atomic mass is 10.0. The van der Waals surface area contributed by atoms with Crippen molar-refractivity contribution in [2.75, 3.05) is 0 Å². The van der Waals surface area contributed by atoms with E-state index in [-0.39, 0.29) is 0 Å². The van der Waals surface area contributed by atoms with E-state index in [4.69, 9.17) is 4.74 Å². The van der Waals surface area contributed by atoms with Gasteiger partial charge >= 0.3 is 6.09 Å². The van der Waals surface area contributed by atoms with Gasteiger partial charge in [-0.15, -0.1) is 0 Å². The average Bonchev–Trinajstić information content (AvgIpc) is 2.92. The molecule has 3 rings (SSSR count). The first kappa shape index (κ1) is 17.2. The van der Waals surface area contributed by atoms with Crippen molar-refractivity contribution in [3.05, 3.63) is 77.9 Å². The second-order valence-corrected chi connectivity index (χ2v) is 7.11. The van der Waals surface area contributed by atoms with Gasteiger partial charge in [0.2, 0.25) is 0 Å². The van der Waals surface area contributed by atoms with Crippen molar-refractivity contribution in [1.29, 1.82) is 0 Å². The molecule has 4 nitrogen and oxygen atoms in total. The summed E-state index contributed by atoms with van der Waals surface area (Å²) in [5, 5.41) is 10.7. The molecule has 1 amide bonds. The number of aliphatic hydroxyl groups is 1.